The van der Waals surface area contributed by atoms with Crippen molar-refractivity contribution in [3.63, 3.8) is 0 Å². The van der Waals surface area contributed by atoms with E-state index in [0.29, 0.717) is 0 Å². The summed E-state index contributed by atoms with van der Waals surface area (Å²) in [5, 5.41) is 9.72. The molecule has 0 bridgehead atoms. The number of nitrogens with zero attached hydrogens (tertiary/aromatic N) is 4. The minimum atomic E-state index is 0.899. The van der Waals surface area contributed by atoms with E-state index >= 15 is 0 Å². The predicted molar refractivity (Wildman–Crippen MR) is 88.9 cm³/mol. The van der Waals surface area contributed by atoms with Crippen LogP contribution in [0.3, 0.4) is 0 Å². The molecule has 114 valence electrons. The summed E-state index contributed by atoms with van der Waals surface area (Å²) in [5.41, 5.74) is 0. The number of hydrogen-bond donors (Lipinski definition) is 1. The molecule has 2 rings (SSSR count). The molecular formula is C15H23N5S. The standard InChI is InChI=1S/C15H23N5S/c1-16-15(17-8-4-10-20-11-5-9-18-20)19(2)12-7-14-6-3-13-21-14/h3,5-6,9,11,13H,4,7-8,10,12H2,1-2H3,(H,16,17). The molecule has 0 aliphatic carbocycles. The summed E-state index contributed by atoms with van der Waals surface area (Å²) in [6.07, 6.45) is 5.88. The topological polar surface area (TPSA) is 45.5 Å². The van der Waals surface area contributed by atoms with Gasteiger partial charge in [0.25, 0.3) is 0 Å². The lowest BCUT2D eigenvalue weighted by atomic mass is 10.3. The van der Waals surface area contributed by atoms with Crippen molar-refractivity contribution < 1.29 is 0 Å². The van der Waals surface area contributed by atoms with E-state index in [-0.39, 0.29) is 0 Å². The van der Waals surface area contributed by atoms with Gasteiger partial charge in [-0.25, -0.2) is 0 Å². The van der Waals surface area contributed by atoms with Crippen LogP contribution < -0.4 is 5.32 Å². The zero-order valence-corrected chi connectivity index (χ0v) is 13.5. The molecule has 0 aromatic carbocycles. The van der Waals surface area contributed by atoms with E-state index in [1.807, 2.05) is 41.5 Å². The van der Waals surface area contributed by atoms with Gasteiger partial charge in [0.2, 0.25) is 0 Å². The molecule has 0 saturated carbocycles. The number of thiophene rings is 1. The van der Waals surface area contributed by atoms with Gasteiger partial charge in [-0.2, -0.15) is 5.10 Å². The Balaban J connectivity index is 1.66. The Kier molecular flexibility index (Phi) is 6.27. The minimum absolute atomic E-state index is 0.899. The molecule has 0 aliphatic heterocycles. The van der Waals surface area contributed by atoms with Crippen LogP contribution in [0.15, 0.2) is 41.0 Å². The van der Waals surface area contributed by atoms with Crippen LogP contribution in [0, 0.1) is 0 Å². The van der Waals surface area contributed by atoms with Crippen molar-refractivity contribution in [2.45, 2.75) is 19.4 Å². The Labute approximate surface area is 130 Å². The molecule has 6 heteroatoms. The van der Waals surface area contributed by atoms with Gasteiger partial charge in [-0.05, 0) is 30.4 Å². The fourth-order valence-corrected chi connectivity index (χ4v) is 2.80. The third-order valence-corrected chi connectivity index (χ3v) is 4.19. The maximum Gasteiger partial charge on any atom is 0.193 e. The van der Waals surface area contributed by atoms with Crippen LogP contribution in [0.5, 0.6) is 0 Å². The molecule has 2 aromatic rings. The van der Waals surface area contributed by atoms with E-state index in [1.165, 1.54) is 4.88 Å². The second kappa shape index (κ2) is 8.46. The monoisotopic (exact) mass is 305 g/mol. The highest BCUT2D eigenvalue weighted by molar-refractivity contribution is 7.09. The van der Waals surface area contributed by atoms with E-state index in [2.05, 4.69) is 44.9 Å². The lowest BCUT2D eigenvalue weighted by Gasteiger charge is -2.21. The Bertz CT molecular complexity index is 518. The highest BCUT2D eigenvalue weighted by Crippen LogP contribution is 2.09. The molecule has 0 spiro atoms. The van der Waals surface area contributed by atoms with Gasteiger partial charge in [0.15, 0.2) is 5.96 Å². The fourth-order valence-electron chi connectivity index (χ4n) is 2.10. The Morgan fingerprint density at radius 2 is 2.38 bits per heavy atom. The van der Waals surface area contributed by atoms with E-state index in [9.17, 15) is 0 Å². The quantitative estimate of drug-likeness (QED) is 0.484. The maximum absolute atomic E-state index is 4.33. The third-order valence-electron chi connectivity index (χ3n) is 3.25. The largest absolute Gasteiger partial charge is 0.356 e. The van der Waals surface area contributed by atoms with Crippen LogP contribution in [0.1, 0.15) is 11.3 Å². The Morgan fingerprint density at radius 3 is 3.05 bits per heavy atom. The zero-order chi connectivity index (χ0) is 14.9. The predicted octanol–water partition coefficient (Wildman–Crippen LogP) is 2.08. The second-order valence-corrected chi connectivity index (χ2v) is 5.88. The first-order valence-corrected chi connectivity index (χ1v) is 8.09. The first-order valence-electron chi connectivity index (χ1n) is 7.21. The van der Waals surface area contributed by atoms with E-state index in [0.717, 1.165) is 38.4 Å². The van der Waals surface area contributed by atoms with Gasteiger partial charge in [0.05, 0.1) is 0 Å². The molecule has 0 amide bonds. The summed E-state index contributed by atoms with van der Waals surface area (Å²) in [5.74, 6) is 0.951. The first-order chi connectivity index (χ1) is 10.3. The van der Waals surface area contributed by atoms with E-state index in [1.54, 1.807) is 0 Å². The van der Waals surface area contributed by atoms with Gasteiger partial charge in [-0.3, -0.25) is 9.67 Å². The molecule has 5 nitrogen and oxygen atoms in total. The lowest BCUT2D eigenvalue weighted by molar-refractivity contribution is 0.480. The fraction of sp³-hybridized carbons (Fsp3) is 0.467. The van der Waals surface area contributed by atoms with Crippen molar-refractivity contribution in [3.05, 3.63) is 40.8 Å². The smallest absolute Gasteiger partial charge is 0.193 e. The summed E-state index contributed by atoms with van der Waals surface area (Å²) in [4.78, 5) is 7.92. The van der Waals surface area contributed by atoms with Crippen molar-refractivity contribution in [1.82, 2.24) is 20.0 Å². The van der Waals surface area contributed by atoms with Crippen LogP contribution in [-0.2, 0) is 13.0 Å². The highest BCUT2D eigenvalue weighted by Gasteiger charge is 2.05. The molecule has 0 unspecified atom stereocenters. The summed E-state index contributed by atoms with van der Waals surface area (Å²) < 4.78 is 1.95. The molecule has 0 aliphatic rings. The molecular weight excluding hydrogens is 282 g/mol. The molecule has 1 N–H and O–H groups in total. The zero-order valence-electron chi connectivity index (χ0n) is 12.7. The Hall–Kier alpha value is -1.82. The van der Waals surface area contributed by atoms with Gasteiger partial charge in [-0.1, -0.05) is 6.07 Å². The van der Waals surface area contributed by atoms with Gasteiger partial charge >= 0.3 is 0 Å². The normalized spacial score (nSPS) is 11.6. The molecule has 2 aromatic heterocycles. The van der Waals surface area contributed by atoms with Crippen LogP contribution in [0.4, 0.5) is 0 Å². The van der Waals surface area contributed by atoms with Crippen molar-refractivity contribution in [2.75, 3.05) is 27.2 Å². The number of guanidine groups is 1. The average molecular weight is 305 g/mol. The highest BCUT2D eigenvalue weighted by atomic mass is 32.1. The van der Waals surface area contributed by atoms with Crippen LogP contribution in [0.2, 0.25) is 0 Å². The first kappa shape index (κ1) is 15.6. The van der Waals surface area contributed by atoms with Crippen LogP contribution in [0.25, 0.3) is 0 Å². The minimum Gasteiger partial charge on any atom is -0.356 e. The van der Waals surface area contributed by atoms with E-state index in [4.69, 9.17) is 0 Å². The van der Waals surface area contributed by atoms with E-state index < -0.39 is 0 Å². The van der Waals surface area contributed by atoms with Crippen molar-refractivity contribution >= 4 is 17.3 Å². The number of aromatic nitrogens is 2. The molecule has 0 saturated heterocycles. The van der Waals surface area contributed by atoms with Crippen LogP contribution in [-0.4, -0.2) is 47.8 Å². The molecule has 0 radical (unpaired) electrons. The number of aryl methyl sites for hydroxylation is 1. The summed E-state index contributed by atoms with van der Waals surface area (Å²) in [7, 11) is 3.91. The SMILES string of the molecule is CN=C(NCCCn1cccn1)N(C)CCc1cccs1. The number of aliphatic imine (C=N–C) groups is 1. The maximum atomic E-state index is 4.33. The van der Waals surface area contributed by atoms with Gasteiger partial charge in [0.1, 0.15) is 0 Å². The molecule has 2 heterocycles. The second-order valence-electron chi connectivity index (χ2n) is 4.85. The summed E-state index contributed by atoms with van der Waals surface area (Å²) in [6, 6.07) is 6.23. The lowest BCUT2D eigenvalue weighted by Crippen LogP contribution is -2.40. The van der Waals surface area contributed by atoms with Crippen molar-refractivity contribution in [2.24, 2.45) is 4.99 Å². The number of hydrogen-bond acceptors (Lipinski definition) is 3. The Morgan fingerprint density at radius 1 is 1.48 bits per heavy atom. The number of nitrogens with one attached hydrogen (secondary N) is 1. The van der Waals surface area contributed by atoms with Crippen LogP contribution >= 0.6 is 11.3 Å². The summed E-state index contributed by atoms with van der Waals surface area (Å²) in [6.45, 7) is 2.80. The van der Waals surface area contributed by atoms with Crippen molar-refractivity contribution in [3.8, 4) is 0 Å². The third kappa shape index (κ3) is 5.23. The van der Waals surface area contributed by atoms with Gasteiger partial charge < -0.3 is 10.2 Å². The molecule has 0 fully saturated rings. The number of rotatable bonds is 7. The van der Waals surface area contributed by atoms with Crippen molar-refractivity contribution in [1.29, 1.82) is 0 Å². The van der Waals surface area contributed by atoms with Gasteiger partial charge in [-0.15, -0.1) is 11.3 Å². The molecule has 0 atom stereocenters. The average Bonchev–Trinajstić information content (AvgIpc) is 3.18. The summed E-state index contributed by atoms with van der Waals surface area (Å²) >= 11 is 1.81. The molecule has 21 heavy (non-hydrogen) atoms. The number of likely N-dealkylation sites (N-methyl/N-ethyl adjacent to an activating group) is 1. The van der Waals surface area contributed by atoms with Gasteiger partial charge in [0, 0.05) is 51.0 Å².